The van der Waals surface area contributed by atoms with E-state index in [9.17, 15) is 13.6 Å². The van der Waals surface area contributed by atoms with Gasteiger partial charge in [-0.05, 0) is 44.5 Å². The van der Waals surface area contributed by atoms with Gasteiger partial charge < -0.3 is 19.5 Å². The van der Waals surface area contributed by atoms with Crippen LogP contribution in [0, 0.1) is 0 Å². The fraction of sp³-hybridized carbons (Fsp3) is 0.381. The van der Waals surface area contributed by atoms with E-state index < -0.39 is 12.2 Å². The first-order valence-corrected chi connectivity index (χ1v) is 8.83. The van der Waals surface area contributed by atoms with E-state index in [0.717, 1.165) is 5.56 Å². The Bertz CT molecular complexity index is 786. The average Bonchev–Trinajstić information content (AvgIpc) is 2.61. The molecule has 0 fully saturated rings. The summed E-state index contributed by atoms with van der Waals surface area (Å²) in [6.07, 6.45) is 0. The summed E-state index contributed by atoms with van der Waals surface area (Å²) in [6.45, 7) is 3.30. The molecule has 0 aromatic heterocycles. The lowest BCUT2D eigenvalue weighted by atomic mass is 10.1. The van der Waals surface area contributed by atoms with E-state index in [4.69, 9.17) is 9.47 Å². The Balaban J connectivity index is 1.98. The van der Waals surface area contributed by atoms with Gasteiger partial charge in [0.05, 0.1) is 12.7 Å². The van der Waals surface area contributed by atoms with Crippen molar-refractivity contribution in [3.63, 3.8) is 0 Å². The Kier molecular flexibility index (Phi) is 7.34. The van der Waals surface area contributed by atoms with Crippen LogP contribution in [0.1, 0.15) is 42.3 Å². The number of esters is 1. The second-order valence-electron chi connectivity index (χ2n) is 7.13. The smallest absolute Gasteiger partial charge is 0.387 e. The highest BCUT2D eigenvalue weighted by Gasteiger charge is 2.18. The molecule has 0 radical (unpaired) electrons. The van der Waals surface area contributed by atoms with Crippen LogP contribution >= 0.6 is 0 Å². The van der Waals surface area contributed by atoms with Crippen LogP contribution in [0.5, 0.6) is 11.5 Å². The monoisotopic (exact) mass is 393 g/mol. The molecular formula is C21H25F2NO4. The summed E-state index contributed by atoms with van der Waals surface area (Å²) in [5.74, 6) is -0.105. The topological polar surface area (TPSA) is 56.8 Å². The number of hydrogen-bond donors (Lipinski definition) is 1. The zero-order chi connectivity index (χ0) is 20.7. The molecule has 0 amide bonds. The second kappa shape index (κ2) is 9.50. The molecule has 0 spiro atoms. The van der Waals surface area contributed by atoms with Gasteiger partial charge in [0.15, 0.2) is 11.5 Å². The molecule has 0 atom stereocenters. The minimum atomic E-state index is -2.93. The van der Waals surface area contributed by atoms with Crippen LogP contribution in [-0.2, 0) is 17.8 Å². The largest absolute Gasteiger partial charge is 0.493 e. The minimum absolute atomic E-state index is 0.0211. The van der Waals surface area contributed by atoms with Crippen molar-refractivity contribution in [2.24, 2.45) is 0 Å². The van der Waals surface area contributed by atoms with Crippen LogP contribution < -0.4 is 14.8 Å². The number of para-hydroxylation sites is 1. The van der Waals surface area contributed by atoms with Gasteiger partial charge in [-0.2, -0.15) is 8.78 Å². The first-order chi connectivity index (χ1) is 13.2. The zero-order valence-electron chi connectivity index (χ0n) is 16.4. The summed E-state index contributed by atoms with van der Waals surface area (Å²) >= 11 is 0. The van der Waals surface area contributed by atoms with Crippen LogP contribution in [0.25, 0.3) is 0 Å². The lowest BCUT2D eigenvalue weighted by molar-refractivity contribution is -0.0519. The molecule has 2 aromatic rings. The third kappa shape index (κ3) is 6.49. The van der Waals surface area contributed by atoms with Crippen molar-refractivity contribution < 1.29 is 27.8 Å². The van der Waals surface area contributed by atoms with Crippen LogP contribution in [0.3, 0.4) is 0 Å². The lowest BCUT2D eigenvalue weighted by Gasteiger charge is -2.19. The average molecular weight is 393 g/mol. The Morgan fingerprint density at radius 1 is 1.07 bits per heavy atom. The Labute approximate surface area is 163 Å². The number of rotatable bonds is 8. The minimum Gasteiger partial charge on any atom is -0.493 e. The third-order valence-electron chi connectivity index (χ3n) is 3.72. The highest BCUT2D eigenvalue weighted by atomic mass is 19.3. The quantitative estimate of drug-likeness (QED) is 0.667. The maximum atomic E-state index is 12.7. The van der Waals surface area contributed by atoms with Gasteiger partial charge in [-0.3, -0.25) is 0 Å². The van der Waals surface area contributed by atoms with Crippen molar-refractivity contribution in [3.8, 4) is 11.5 Å². The molecule has 152 valence electrons. The zero-order valence-corrected chi connectivity index (χ0v) is 16.4. The summed E-state index contributed by atoms with van der Waals surface area (Å²) < 4.78 is 40.4. The maximum Gasteiger partial charge on any atom is 0.387 e. The molecule has 0 heterocycles. The van der Waals surface area contributed by atoms with E-state index in [1.54, 1.807) is 30.3 Å². The molecule has 7 heteroatoms. The molecule has 1 N–H and O–H groups in total. The fourth-order valence-electron chi connectivity index (χ4n) is 2.52. The fourth-order valence-corrected chi connectivity index (χ4v) is 2.52. The van der Waals surface area contributed by atoms with E-state index in [1.165, 1.54) is 7.11 Å². The van der Waals surface area contributed by atoms with E-state index >= 15 is 0 Å². The number of carbonyl (C=O) groups excluding carboxylic acids is 1. The summed E-state index contributed by atoms with van der Waals surface area (Å²) in [5.41, 5.74) is 1.42. The second-order valence-corrected chi connectivity index (χ2v) is 7.13. The van der Waals surface area contributed by atoms with Crippen molar-refractivity contribution in [2.45, 2.75) is 46.1 Å². The molecule has 0 aliphatic carbocycles. The van der Waals surface area contributed by atoms with Crippen molar-refractivity contribution in [3.05, 3.63) is 59.2 Å². The van der Waals surface area contributed by atoms with Crippen LogP contribution in [0.4, 0.5) is 8.78 Å². The van der Waals surface area contributed by atoms with Gasteiger partial charge in [0.2, 0.25) is 0 Å². The number of carbonyl (C=O) groups is 1. The molecular weight excluding hydrogens is 368 g/mol. The van der Waals surface area contributed by atoms with E-state index in [0.29, 0.717) is 24.2 Å². The first-order valence-electron chi connectivity index (χ1n) is 8.83. The predicted molar refractivity (Wildman–Crippen MR) is 102 cm³/mol. The number of ether oxygens (including phenoxy) is 3. The van der Waals surface area contributed by atoms with Gasteiger partial charge in [-0.15, -0.1) is 0 Å². The summed E-state index contributed by atoms with van der Waals surface area (Å²) in [4.78, 5) is 12.0. The molecule has 0 saturated heterocycles. The number of methoxy groups -OCH3 is 1. The van der Waals surface area contributed by atoms with E-state index in [2.05, 4.69) is 10.1 Å². The molecule has 28 heavy (non-hydrogen) atoms. The van der Waals surface area contributed by atoms with Gasteiger partial charge in [-0.25, -0.2) is 4.79 Å². The van der Waals surface area contributed by atoms with Gasteiger partial charge in [-0.1, -0.05) is 24.3 Å². The number of alkyl halides is 2. The lowest BCUT2D eigenvalue weighted by Crippen LogP contribution is -2.23. The molecule has 0 aliphatic heterocycles. The summed E-state index contributed by atoms with van der Waals surface area (Å²) in [7, 11) is 1.40. The number of hydrogen-bond acceptors (Lipinski definition) is 5. The molecule has 2 aromatic carbocycles. The number of benzene rings is 2. The highest BCUT2D eigenvalue weighted by Crippen LogP contribution is 2.32. The Hall–Kier alpha value is -2.67. The van der Waals surface area contributed by atoms with Crippen molar-refractivity contribution in [2.75, 3.05) is 7.11 Å². The SMILES string of the molecule is COc1cccc(CNCc2ccc(C(=O)OC(C)(C)C)cc2)c1OC(F)F. The van der Waals surface area contributed by atoms with Crippen molar-refractivity contribution in [1.82, 2.24) is 5.32 Å². The van der Waals surface area contributed by atoms with Gasteiger partial charge in [0.25, 0.3) is 0 Å². The summed E-state index contributed by atoms with van der Waals surface area (Å²) in [5, 5.41) is 3.17. The molecule has 5 nitrogen and oxygen atoms in total. The van der Waals surface area contributed by atoms with Gasteiger partial charge >= 0.3 is 12.6 Å². The predicted octanol–water partition coefficient (Wildman–Crippen LogP) is 4.54. The number of halogens is 2. The highest BCUT2D eigenvalue weighted by molar-refractivity contribution is 5.89. The summed E-state index contributed by atoms with van der Waals surface area (Å²) in [6, 6.07) is 12.0. The normalized spacial score (nSPS) is 11.4. The van der Waals surface area contributed by atoms with Crippen LogP contribution in [0.2, 0.25) is 0 Å². The van der Waals surface area contributed by atoms with Crippen molar-refractivity contribution >= 4 is 5.97 Å². The van der Waals surface area contributed by atoms with Crippen LogP contribution in [-0.4, -0.2) is 25.3 Å². The molecule has 0 bridgehead atoms. The third-order valence-corrected chi connectivity index (χ3v) is 3.72. The Morgan fingerprint density at radius 3 is 2.32 bits per heavy atom. The Morgan fingerprint density at radius 2 is 1.75 bits per heavy atom. The van der Waals surface area contributed by atoms with Crippen LogP contribution in [0.15, 0.2) is 42.5 Å². The molecule has 2 rings (SSSR count). The molecule has 0 unspecified atom stereocenters. The molecule has 0 aliphatic rings. The van der Waals surface area contributed by atoms with Gasteiger partial charge in [0.1, 0.15) is 5.60 Å². The maximum absolute atomic E-state index is 12.7. The molecule has 0 saturated carbocycles. The first kappa shape index (κ1) is 21.6. The number of nitrogens with one attached hydrogen (secondary N) is 1. The standard InChI is InChI=1S/C21H25F2NO4/c1-21(2,3)28-19(25)15-10-8-14(9-11-15)12-24-13-16-6-5-7-17(26-4)18(16)27-20(22)23/h5-11,20,24H,12-13H2,1-4H3. The van der Waals surface area contributed by atoms with E-state index in [1.807, 2.05) is 32.9 Å². The van der Waals surface area contributed by atoms with Crippen molar-refractivity contribution in [1.29, 1.82) is 0 Å². The van der Waals surface area contributed by atoms with Gasteiger partial charge in [0, 0.05) is 18.7 Å². The van der Waals surface area contributed by atoms with E-state index in [-0.39, 0.29) is 17.5 Å².